The Morgan fingerprint density at radius 3 is 2.32 bits per heavy atom. The second-order valence-corrected chi connectivity index (χ2v) is 9.60. The Hall–Kier alpha value is -3.42. The molecule has 2 heterocycles. The van der Waals surface area contributed by atoms with Crippen LogP contribution < -0.4 is 14.8 Å². The SMILES string of the molecule is COc1ccccc1CCC(=O)NCC(C)Oc1ccc(CN2CCN(Cc3cccnc3)CC2)cc1. The number of hydrogen-bond donors (Lipinski definition) is 1. The Kier molecular flexibility index (Phi) is 9.91. The summed E-state index contributed by atoms with van der Waals surface area (Å²) in [5, 5.41) is 2.98. The minimum atomic E-state index is -0.117. The highest BCUT2D eigenvalue weighted by atomic mass is 16.5. The van der Waals surface area contributed by atoms with Crippen LogP contribution in [0.2, 0.25) is 0 Å². The van der Waals surface area contributed by atoms with Gasteiger partial charge in [-0.05, 0) is 54.3 Å². The minimum Gasteiger partial charge on any atom is -0.496 e. The van der Waals surface area contributed by atoms with Gasteiger partial charge < -0.3 is 14.8 Å². The summed E-state index contributed by atoms with van der Waals surface area (Å²) in [5.74, 6) is 1.65. The van der Waals surface area contributed by atoms with Gasteiger partial charge in [0.2, 0.25) is 5.91 Å². The molecular weight excluding hydrogens is 464 g/mol. The maximum atomic E-state index is 12.3. The predicted molar refractivity (Wildman–Crippen MR) is 146 cm³/mol. The van der Waals surface area contributed by atoms with Crippen molar-refractivity contribution in [1.82, 2.24) is 20.1 Å². The monoisotopic (exact) mass is 502 g/mol. The number of rotatable bonds is 12. The second-order valence-electron chi connectivity index (χ2n) is 9.60. The van der Waals surface area contributed by atoms with E-state index in [2.05, 4.69) is 38.3 Å². The zero-order chi connectivity index (χ0) is 25.9. The number of carbonyl (C=O) groups excluding carboxylic acids is 1. The van der Waals surface area contributed by atoms with E-state index >= 15 is 0 Å². The molecule has 4 rings (SSSR count). The summed E-state index contributed by atoms with van der Waals surface area (Å²) in [4.78, 5) is 21.5. The van der Waals surface area contributed by atoms with Crippen molar-refractivity contribution in [2.75, 3.05) is 39.8 Å². The van der Waals surface area contributed by atoms with E-state index in [0.717, 1.165) is 56.3 Å². The molecule has 1 aromatic heterocycles. The number of nitrogens with one attached hydrogen (secondary N) is 1. The van der Waals surface area contributed by atoms with E-state index in [1.807, 2.05) is 61.8 Å². The molecule has 1 amide bonds. The fourth-order valence-corrected chi connectivity index (χ4v) is 4.56. The zero-order valence-electron chi connectivity index (χ0n) is 21.9. The van der Waals surface area contributed by atoms with Gasteiger partial charge in [0.25, 0.3) is 0 Å². The molecule has 0 spiro atoms. The normalized spacial score (nSPS) is 15.2. The average molecular weight is 503 g/mol. The number of methoxy groups -OCH3 is 1. The minimum absolute atomic E-state index is 0.0113. The molecule has 1 fully saturated rings. The first-order valence-corrected chi connectivity index (χ1v) is 13.1. The van der Waals surface area contributed by atoms with Gasteiger partial charge in [-0.15, -0.1) is 0 Å². The van der Waals surface area contributed by atoms with Crippen LogP contribution in [-0.2, 0) is 24.3 Å². The van der Waals surface area contributed by atoms with Crippen molar-refractivity contribution in [3.05, 3.63) is 89.7 Å². The first kappa shape index (κ1) is 26.6. The third-order valence-corrected chi connectivity index (χ3v) is 6.66. The molecule has 196 valence electrons. The van der Waals surface area contributed by atoms with Gasteiger partial charge >= 0.3 is 0 Å². The zero-order valence-corrected chi connectivity index (χ0v) is 21.9. The number of piperazine rings is 1. The Morgan fingerprint density at radius 2 is 1.65 bits per heavy atom. The number of hydrogen-bond acceptors (Lipinski definition) is 6. The standard InChI is InChI=1S/C30H38N4O3/c1-24(20-32-30(35)14-11-27-7-3-4-8-29(27)36-2)37-28-12-9-25(10-13-28)22-33-16-18-34(19-17-33)23-26-6-5-15-31-21-26/h3-10,12-13,15,21,24H,11,14,16-20,22-23H2,1-2H3,(H,32,35). The Labute approximate surface area is 220 Å². The van der Waals surface area contributed by atoms with Gasteiger partial charge in [0, 0.05) is 58.1 Å². The fourth-order valence-electron chi connectivity index (χ4n) is 4.56. The number of nitrogens with zero attached hydrogens (tertiary/aromatic N) is 3. The van der Waals surface area contributed by atoms with Crippen LogP contribution in [-0.4, -0.2) is 66.6 Å². The van der Waals surface area contributed by atoms with E-state index in [4.69, 9.17) is 9.47 Å². The van der Waals surface area contributed by atoms with Crippen LogP contribution in [0.25, 0.3) is 0 Å². The average Bonchev–Trinajstić information content (AvgIpc) is 2.93. The van der Waals surface area contributed by atoms with Gasteiger partial charge in [-0.2, -0.15) is 0 Å². The van der Waals surface area contributed by atoms with Crippen molar-refractivity contribution < 1.29 is 14.3 Å². The lowest BCUT2D eigenvalue weighted by atomic mass is 10.1. The van der Waals surface area contributed by atoms with Crippen LogP contribution in [0.15, 0.2) is 73.1 Å². The summed E-state index contributed by atoms with van der Waals surface area (Å²) in [6.07, 6.45) is 4.72. The highest BCUT2D eigenvalue weighted by molar-refractivity contribution is 5.76. The molecule has 1 atom stereocenters. The van der Waals surface area contributed by atoms with Crippen molar-refractivity contribution >= 4 is 5.91 Å². The molecule has 0 aliphatic carbocycles. The van der Waals surface area contributed by atoms with E-state index in [0.29, 0.717) is 19.4 Å². The summed E-state index contributed by atoms with van der Waals surface area (Å²) in [7, 11) is 1.65. The molecule has 1 aliphatic heterocycles. The van der Waals surface area contributed by atoms with E-state index < -0.39 is 0 Å². The molecule has 0 saturated carbocycles. The van der Waals surface area contributed by atoms with E-state index in [9.17, 15) is 4.79 Å². The molecule has 2 aromatic carbocycles. The number of amides is 1. The quantitative estimate of drug-likeness (QED) is 0.405. The first-order chi connectivity index (χ1) is 18.1. The maximum absolute atomic E-state index is 12.3. The van der Waals surface area contributed by atoms with E-state index in [1.165, 1.54) is 11.1 Å². The molecule has 1 unspecified atom stereocenters. The third kappa shape index (κ3) is 8.58. The number of para-hydroxylation sites is 1. The van der Waals surface area contributed by atoms with E-state index in [-0.39, 0.29) is 12.0 Å². The molecule has 3 aromatic rings. The predicted octanol–water partition coefficient (Wildman–Crippen LogP) is 3.92. The van der Waals surface area contributed by atoms with Crippen LogP contribution in [0.3, 0.4) is 0 Å². The highest BCUT2D eigenvalue weighted by Gasteiger charge is 2.17. The maximum Gasteiger partial charge on any atom is 0.220 e. The smallest absolute Gasteiger partial charge is 0.220 e. The second kappa shape index (κ2) is 13.8. The largest absolute Gasteiger partial charge is 0.496 e. The molecule has 1 saturated heterocycles. The lowest BCUT2D eigenvalue weighted by Crippen LogP contribution is -2.45. The number of carbonyl (C=O) groups is 1. The molecule has 37 heavy (non-hydrogen) atoms. The molecule has 0 radical (unpaired) electrons. The van der Waals surface area contributed by atoms with Crippen molar-refractivity contribution in [2.45, 2.75) is 39.0 Å². The van der Waals surface area contributed by atoms with Crippen molar-refractivity contribution in [3.63, 3.8) is 0 Å². The Bertz CT molecular complexity index is 1100. The summed E-state index contributed by atoms with van der Waals surface area (Å²) in [6, 6.07) is 20.3. The topological polar surface area (TPSA) is 66.9 Å². The molecule has 7 heteroatoms. The van der Waals surface area contributed by atoms with Crippen molar-refractivity contribution in [2.24, 2.45) is 0 Å². The summed E-state index contributed by atoms with van der Waals surface area (Å²) in [6.45, 7) is 8.61. The van der Waals surface area contributed by atoms with E-state index in [1.54, 1.807) is 7.11 Å². The van der Waals surface area contributed by atoms with Gasteiger partial charge in [-0.1, -0.05) is 36.4 Å². The van der Waals surface area contributed by atoms with Crippen LogP contribution in [0, 0.1) is 0 Å². The summed E-state index contributed by atoms with van der Waals surface area (Å²) >= 11 is 0. The van der Waals surface area contributed by atoms with Gasteiger partial charge in [0.1, 0.15) is 17.6 Å². The van der Waals surface area contributed by atoms with Gasteiger partial charge in [0.15, 0.2) is 0 Å². The van der Waals surface area contributed by atoms with Crippen molar-refractivity contribution in [1.29, 1.82) is 0 Å². The molecule has 7 nitrogen and oxygen atoms in total. The Balaban J connectivity index is 1.13. The number of benzene rings is 2. The molecule has 1 aliphatic rings. The number of aryl methyl sites for hydroxylation is 1. The fraction of sp³-hybridized carbons (Fsp3) is 0.400. The highest BCUT2D eigenvalue weighted by Crippen LogP contribution is 2.19. The first-order valence-electron chi connectivity index (χ1n) is 13.1. The van der Waals surface area contributed by atoms with Crippen LogP contribution in [0.1, 0.15) is 30.0 Å². The van der Waals surface area contributed by atoms with Gasteiger partial charge in [-0.25, -0.2) is 0 Å². The van der Waals surface area contributed by atoms with Crippen molar-refractivity contribution in [3.8, 4) is 11.5 Å². The summed E-state index contributed by atoms with van der Waals surface area (Å²) < 4.78 is 11.4. The molecule has 1 N–H and O–H groups in total. The van der Waals surface area contributed by atoms with Crippen LogP contribution in [0.4, 0.5) is 0 Å². The number of pyridine rings is 1. The third-order valence-electron chi connectivity index (χ3n) is 6.66. The van der Waals surface area contributed by atoms with Crippen LogP contribution in [0.5, 0.6) is 11.5 Å². The Morgan fingerprint density at radius 1 is 0.946 bits per heavy atom. The molecule has 0 bridgehead atoms. The lowest BCUT2D eigenvalue weighted by molar-refractivity contribution is -0.121. The van der Waals surface area contributed by atoms with Crippen LogP contribution >= 0.6 is 0 Å². The molecular formula is C30H38N4O3. The number of aromatic nitrogens is 1. The lowest BCUT2D eigenvalue weighted by Gasteiger charge is -2.34. The summed E-state index contributed by atoms with van der Waals surface area (Å²) in [5.41, 5.74) is 3.59. The number of ether oxygens (including phenoxy) is 2. The van der Waals surface area contributed by atoms with Gasteiger partial charge in [-0.3, -0.25) is 19.6 Å². The van der Waals surface area contributed by atoms with Gasteiger partial charge in [0.05, 0.1) is 13.7 Å².